The van der Waals surface area contributed by atoms with Gasteiger partial charge in [-0.1, -0.05) is 18.2 Å². The molecule has 0 radical (unpaired) electrons. The summed E-state index contributed by atoms with van der Waals surface area (Å²) in [5.74, 6) is 1.88. The molecule has 5 heteroatoms. The van der Waals surface area contributed by atoms with Crippen LogP contribution in [0.4, 0.5) is 5.82 Å². The van der Waals surface area contributed by atoms with Gasteiger partial charge >= 0.3 is 0 Å². The SMILES string of the molecule is Cc1cccc(OCC(=O)N2CCN(c3cccc[nH+]3)CC2)c1. The molecular formula is C18H22N3O2+. The van der Waals surface area contributed by atoms with Crippen molar-refractivity contribution in [2.24, 2.45) is 0 Å². The summed E-state index contributed by atoms with van der Waals surface area (Å²) in [6.07, 6.45) is 1.92. The van der Waals surface area contributed by atoms with Crippen LogP contribution in [0.3, 0.4) is 0 Å². The first-order chi connectivity index (χ1) is 11.2. The number of aryl methyl sites for hydroxylation is 1. The summed E-state index contributed by atoms with van der Waals surface area (Å²) in [5.41, 5.74) is 1.13. The molecular weight excluding hydrogens is 290 g/mol. The van der Waals surface area contributed by atoms with Gasteiger partial charge in [-0.15, -0.1) is 0 Å². The Kier molecular flexibility index (Phi) is 4.76. The topological polar surface area (TPSA) is 46.9 Å². The summed E-state index contributed by atoms with van der Waals surface area (Å²) in [7, 11) is 0. The molecule has 1 N–H and O–H groups in total. The smallest absolute Gasteiger partial charge is 0.274 e. The largest absolute Gasteiger partial charge is 0.484 e. The van der Waals surface area contributed by atoms with Gasteiger partial charge in [0.15, 0.2) is 6.61 Å². The Morgan fingerprint density at radius 3 is 2.65 bits per heavy atom. The van der Waals surface area contributed by atoms with E-state index in [4.69, 9.17) is 4.74 Å². The first kappa shape index (κ1) is 15.3. The molecule has 1 aliphatic heterocycles. The molecule has 2 heterocycles. The van der Waals surface area contributed by atoms with Gasteiger partial charge in [0, 0.05) is 6.07 Å². The van der Waals surface area contributed by atoms with Crippen LogP contribution in [0.25, 0.3) is 0 Å². The number of hydrogen-bond donors (Lipinski definition) is 0. The third-order valence-corrected chi connectivity index (χ3v) is 4.02. The fourth-order valence-electron chi connectivity index (χ4n) is 2.72. The van der Waals surface area contributed by atoms with Gasteiger partial charge in [0.1, 0.15) is 18.8 Å². The Balaban J connectivity index is 1.48. The van der Waals surface area contributed by atoms with Crippen molar-refractivity contribution >= 4 is 11.7 Å². The Labute approximate surface area is 136 Å². The first-order valence-corrected chi connectivity index (χ1v) is 7.91. The fraction of sp³-hybridized carbons (Fsp3) is 0.333. The summed E-state index contributed by atoms with van der Waals surface area (Å²) in [5, 5.41) is 0. The van der Waals surface area contributed by atoms with Crippen molar-refractivity contribution in [3.63, 3.8) is 0 Å². The first-order valence-electron chi connectivity index (χ1n) is 7.91. The van der Waals surface area contributed by atoms with E-state index in [0.29, 0.717) is 0 Å². The normalized spacial score (nSPS) is 14.7. The number of H-pyrrole nitrogens is 1. The van der Waals surface area contributed by atoms with Crippen LogP contribution in [0, 0.1) is 6.92 Å². The summed E-state index contributed by atoms with van der Waals surface area (Å²) in [6.45, 7) is 5.21. The van der Waals surface area contributed by atoms with Crippen molar-refractivity contribution in [1.82, 2.24) is 4.90 Å². The lowest BCUT2D eigenvalue weighted by atomic mass is 10.2. The third kappa shape index (κ3) is 4.00. The predicted octanol–water partition coefficient (Wildman–Crippen LogP) is 1.54. The van der Waals surface area contributed by atoms with Gasteiger partial charge in [-0.2, -0.15) is 0 Å². The number of amides is 1. The third-order valence-electron chi connectivity index (χ3n) is 4.02. The van der Waals surface area contributed by atoms with E-state index in [9.17, 15) is 4.79 Å². The van der Waals surface area contributed by atoms with Crippen molar-refractivity contribution in [2.45, 2.75) is 6.92 Å². The van der Waals surface area contributed by atoms with Crippen molar-refractivity contribution in [3.05, 3.63) is 54.2 Å². The molecule has 2 aromatic rings. The Hall–Kier alpha value is -2.56. The maximum Gasteiger partial charge on any atom is 0.274 e. The molecule has 1 saturated heterocycles. The molecule has 1 amide bonds. The minimum absolute atomic E-state index is 0.0446. The number of piperazine rings is 1. The van der Waals surface area contributed by atoms with E-state index < -0.39 is 0 Å². The van der Waals surface area contributed by atoms with Crippen molar-refractivity contribution < 1.29 is 14.5 Å². The van der Waals surface area contributed by atoms with E-state index in [1.807, 2.05) is 54.4 Å². The molecule has 0 unspecified atom stereocenters. The van der Waals surface area contributed by atoms with Crippen LogP contribution in [-0.2, 0) is 4.79 Å². The second-order valence-electron chi connectivity index (χ2n) is 5.72. The summed E-state index contributed by atoms with van der Waals surface area (Å²) in [6, 6.07) is 13.8. The second kappa shape index (κ2) is 7.13. The van der Waals surface area contributed by atoms with E-state index in [-0.39, 0.29) is 12.5 Å². The van der Waals surface area contributed by atoms with Crippen LogP contribution >= 0.6 is 0 Å². The van der Waals surface area contributed by atoms with Crippen LogP contribution < -0.4 is 14.6 Å². The lowest BCUT2D eigenvalue weighted by Gasteiger charge is -2.30. The Morgan fingerprint density at radius 1 is 1.13 bits per heavy atom. The quantitative estimate of drug-likeness (QED) is 0.860. The van der Waals surface area contributed by atoms with Gasteiger partial charge in [-0.05, 0) is 30.7 Å². The number of rotatable bonds is 4. The van der Waals surface area contributed by atoms with Crippen LogP contribution in [-0.4, -0.2) is 43.6 Å². The molecule has 0 aliphatic carbocycles. The van der Waals surface area contributed by atoms with Gasteiger partial charge < -0.3 is 9.64 Å². The molecule has 1 aromatic carbocycles. The van der Waals surface area contributed by atoms with Crippen LogP contribution in [0.2, 0.25) is 0 Å². The lowest BCUT2D eigenvalue weighted by Crippen LogP contribution is -2.51. The zero-order chi connectivity index (χ0) is 16.1. The molecule has 1 fully saturated rings. The zero-order valence-electron chi connectivity index (χ0n) is 13.4. The highest BCUT2D eigenvalue weighted by molar-refractivity contribution is 5.78. The Morgan fingerprint density at radius 2 is 1.96 bits per heavy atom. The number of hydrogen-bond acceptors (Lipinski definition) is 3. The highest BCUT2D eigenvalue weighted by atomic mass is 16.5. The monoisotopic (exact) mass is 312 g/mol. The maximum atomic E-state index is 12.3. The number of nitrogens with one attached hydrogen (secondary N) is 1. The van der Waals surface area contributed by atoms with E-state index >= 15 is 0 Å². The molecule has 0 atom stereocenters. The van der Waals surface area contributed by atoms with E-state index in [2.05, 4.69) is 16.0 Å². The standard InChI is InChI=1S/C18H21N3O2/c1-15-5-4-6-16(13-15)23-14-18(22)21-11-9-20(10-12-21)17-7-2-3-8-19-17/h2-8,13H,9-12,14H2,1H3/p+1. The summed E-state index contributed by atoms with van der Waals surface area (Å²) < 4.78 is 5.60. The van der Waals surface area contributed by atoms with E-state index in [1.54, 1.807) is 0 Å². The van der Waals surface area contributed by atoms with Gasteiger partial charge in [-0.25, -0.2) is 4.98 Å². The molecule has 3 rings (SSSR count). The number of pyridine rings is 1. The summed E-state index contributed by atoms with van der Waals surface area (Å²) in [4.78, 5) is 19.6. The fourth-order valence-corrected chi connectivity index (χ4v) is 2.72. The predicted molar refractivity (Wildman–Crippen MR) is 88.5 cm³/mol. The van der Waals surface area contributed by atoms with Gasteiger partial charge in [0.2, 0.25) is 0 Å². The molecule has 5 nitrogen and oxygen atoms in total. The molecule has 23 heavy (non-hydrogen) atoms. The summed E-state index contributed by atoms with van der Waals surface area (Å²) >= 11 is 0. The number of carbonyl (C=O) groups is 1. The molecule has 0 spiro atoms. The average molecular weight is 312 g/mol. The number of carbonyl (C=O) groups excluding carboxylic acids is 1. The lowest BCUT2D eigenvalue weighted by molar-refractivity contribution is -0.364. The van der Waals surface area contributed by atoms with E-state index in [0.717, 1.165) is 43.3 Å². The number of aromatic nitrogens is 1. The molecule has 1 aromatic heterocycles. The minimum Gasteiger partial charge on any atom is -0.484 e. The highest BCUT2D eigenvalue weighted by Crippen LogP contribution is 2.13. The van der Waals surface area contributed by atoms with Crippen molar-refractivity contribution in [3.8, 4) is 5.75 Å². The van der Waals surface area contributed by atoms with Gasteiger partial charge in [-0.3, -0.25) is 9.69 Å². The molecule has 0 saturated carbocycles. The van der Waals surface area contributed by atoms with Crippen molar-refractivity contribution in [1.29, 1.82) is 0 Å². The highest BCUT2D eigenvalue weighted by Gasteiger charge is 2.26. The van der Waals surface area contributed by atoms with Crippen molar-refractivity contribution in [2.75, 3.05) is 37.7 Å². The maximum absolute atomic E-state index is 12.3. The second-order valence-corrected chi connectivity index (χ2v) is 5.72. The Bertz CT molecular complexity index is 652. The molecule has 0 bridgehead atoms. The van der Waals surface area contributed by atoms with Gasteiger partial charge in [0.05, 0.1) is 19.3 Å². The van der Waals surface area contributed by atoms with Crippen LogP contribution in [0.15, 0.2) is 48.7 Å². The number of nitrogens with zero attached hydrogens (tertiary/aromatic N) is 2. The number of anilines is 1. The zero-order valence-corrected chi connectivity index (χ0v) is 13.4. The number of ether oxygens (including phenoxy) is 1. The van der Waals surface area contributed by atoms with Crippen LogP contribution in [0.5, 0.6) is 5.75 Å². The molecule has 120 valence electrons. The van der Waals surface area contributed by atoms with E-state index in [1.165, 1.54) is 0 Å². The minimum atomic E-state index is 0.0446. The average Bonchev–Trinajstić information content (AvgIpc) is 2.61. The van der Waals surface area contributed by atoms with Gasteiger partial charge in [0.25, 0.3) is 11.7 Å². The van der Waals surface area contributed by atoms with Crippen LogP contribution in [0.1, 0.15) is 5.56 Å². The number of benzene rings is 1. The molecule has 1 aliphatic rings. The number of aromatic amines is 1.